The van der Waals surface area contributed by atoms with Gasteiger partial charge in [0, 0.05) is 52.0 Å². The molecule has 2 N–H and O–H groups in total. The summed E-state index contributed by atoms with van der Waals surface area (Å²) in [6.07, 6.45) is 8.93. The Morgan fingerprint density at radius 2 is 1.90 bits per heavy atom. The van der Waals surface area contributed by atoms with Crippen molar-refractivity contribution in [3.63, 3.8) is 0 Å². The minimum absolute atomic E-state index is 0. The van der Waals surface area contributed by atoms with Crippen LogP contribution in [0.25, 0.3) is 0 Å². The van der Waals surface area contributed by atoms with Crippen LogP contribution in [0.2, 0.25) is 0 Å². The maximum Gasteiger partial charge on any atom is 0.191 e. The number of guanidine groups is 1. The largest absolute Gasteiger partial charge is 0.382 e. The van der Waals surface area contributed by atoms with E-state index >= 15 is 0 Å². The number of hydrogen-bond donors (Lipinski definition) is 2. The molecule has 2 fully saturated rings. The molecule has 0 amide bonds. The Balaban J connectivity index is 0.00000320. The molecule has 1 saturated heterocycles. The molecule has 1 saturated carbocycles. The van der Waals surface area contributed by atoms with E-state index < -0.39 is 0 Å². The van der Waals surface area contributed by atoms with Crippen LogP contribution in [-0.2, 0) is 18.3 Å². The first-order chi connectivity index (χ1) is 14.2. The Morgan fingerprint density at radius 1 is 1.17 bits per heavy atom. The second-order valence-corrected chi connectivity index (χ2v) is 8.26. The molecule has 2 heterocycles. The lowest BCUT2D eigenvalue weighted by atomic mass is 10.0. The van der Waals surface area contributed by atoms with Crippen LogP contribution in [0.1, 0.15) is 63.5 Å². The highest BCUT2D eigenvalue weighted by molar-refractivity contribution is 14.0. The van der Waals surface area contributed by atoms with Crippen molar-refractivity contribution in [3.05, 3.63) is 11.6 Å². The third kappa shape index (κ3) is 7.64. The number of hydrogen-bond acceptors (Lipinski definition) is 5. The summed E-state index contributed by atoms with van der Waals surface area (Å²) in [6.45, 7) is 9.31. The van der Waals surface area contributed by atoms with Crippen molar-refractivity contribution < 1.29 is 4.74 Å². The number of nitrogens with zero attached hydrogens (tertiary/aromatic N) is 5. The van der Waals surface area contributed by atoms with Gasteiger partial charge in [0.05, 0.1) is 0 Å². The summed E-state index contributed by atoms with van der Waals surface area (Å²) in [4.78, 5) is 7.50. The van der Waals surface area contributed by atoms with E-state index in [9.17, 15) is 0 Å². The van der Waals surface area contributed by atoms with Gasteiger partial charge in [-0.15, -0.1) is 34.2 Å². The fraction of sp³-hybridized carbons (Fsp3) is 0.857. The lowest BCUT2D eigenvalue weighted by Crippen LogP contribution is -2.50. The van der Waals surface area contributed by atoms with Gasteiger partial charge in [-0.3, -0.25) is 0 Å². The Morgan fingerprint density at radius 3 is 2.53 bits per heavy atom. The molecule has 1 aromatic heterocycles. The zero-order chi connectivity index (χ0) is 20.5. The van der Waals surface area contributed by atoms with Crippen LogP contribution in [0.15, 0.2) is 4.99 Å². The second-order valence-electron chi connectivity index (χ2n) is 8.26. The molecule has 0 atom stereocenters. The first-order valence-corrected chi connectivity index (χ1v) is 11.4. The number of nitrogens with one attached hydrogen (secondary N) is 2. The van der Waals surface area contributed by atoms with E-state index in [0.29, 0.717) is 12.6 Å². The van der Waals surface area contributed by atoms with Gasteiger partial charge in [0.2, 0.25) is 0 Å². The number of rotatable bonds is 9. The first kappa shape index (κ1) is 25.3. The molecule has 1 aliphatic heterocycles. The summed E-state index contributed by atoms with van der Waals surface area (Å²) in [5.41, 5.74) is 0. The fourth-order valence-corrected chi connectivity index (χ4v) is 4.29. The number of ether oxygens (including phenoxy) is 1. The zero-order valence-corrected chi connectivity index (χ0v) is 21.2. The molecule has 1 aromatic rings. The van der Waals surface area contributed by atoms with Gasteiger partial charge in [0.15, 0.2) is 11.8 Å². The summed E-state index contributed by atoms with van der Waals surface area (Å²) in [5.74, 6) is 2.67. The number of halogens is 1. The number of aliphatic imine (C=N–C) groups is 1. The average Bonchev–Trinajstić information content (AvgIpc) is 3.38. The van der Waals surface area contributed by atoms with E-state index in [1.54, 1.807) is 0 Å². The van der Waals surface area contributed by atoms with Gasteiger partial charge < -0.3 is 24.8 Å². The van der Waals surface area contributed by atoms with Crippen molar-refractivity contribution in [2.24, 2.45) is 12.0 Å². The molecular weight excluding hydrogens is 493 g/mol. The molecule has 0 unspecified atom stereocenters. The van der Waals surface area contributed by atoms with Crippen LogP contribution in [0.5, 0.6) is 0 Å². The Bertz CT molecular complexity index is 637. The van der Waals surface area contributed by atoms with Crippen LogP contribution in [-0.4, -0.2) is 70.6 Å². The van der Waals surface area contributed by atoms with Crippen molar-refractivity contribution in [2.75, 3.05) is 32.8 Å². The zero-order valence-electron chi connectivity index (χ0n) is 18.9. The fourth-order valence-electron chi connectivity index (χ4n) is 4.29. The van der Waals surface area contributed by atoms with Crippen LogP contribution in [0.4, 0.5) is 0 Å². The van der Waals surface area contributed by atoms with Gasteiger partial charge in [-0.1, -0.05) is 12.8 Å². The van der Waals surface area contributed by atoms with Gasteiger partial charge in [-0.05, 0) is 46.0 Å². The first-order valence-electron chi connectivity index (χ1n) is 11.4. The minimum atomic E-state index is 0. The van der Waals surface area contributed by atoms with Crippen LogP contribution < -0.4 is 10.6 Å². The van der Waals surface area contributed by atoms with E-state index in [1.165, 1.54) is 51.6 Å². The molecule has 0 bridgehead atoms. The summed E-state index contributed by atoms with van der Waals surface area (Å²) in [5, 5.41) is 15.5. The summed E-state index contributed by atoms with van der Waals surface area (Å²) in [7, 11) is 1.99. The second kappa shape index (κ2) is 13.5. The van der Waals surface area contributed by atoms with Gasteiger partial charge in [-0.25, -0.2) is 4.99 Å². The molecule has 3 rings (SSSR count). The number of piperidine rings is 1. The summed E-state index contributed by atoms with van der Waals surface area (Å²) < 4.78 is 7.44. The summed E-state index contributed by atoms with van der Waals surface area (Å²) in [6, 6.07) is 1.31. The molecule has 8 nitrogen and oxygen atoms in total. The van der Waals surface area contributed by atoms with Crippen molar-refractivity contribution >= 4 is 29.9 Å². The topological polar surface area (TPSA) is 79.6 Å². The summed E-state index contributed by atoms with van der Waals surface area (Å²) >= 11 is 0. The monoisotopic (exact) mass is 533 g/mol. The lowest BCUT2D eigenvalue weighted by Gasteiger charge is -2.36. The molecule has 30 heavy (non-hydrogen) atoms. The van der Waals surface area contributed by atoms with E-state index in [2.05, 4.69) is 25.7 Å². The van der Waals surface area contributed by atoms with E-state index in [1.807, 2.05) is 25.5 Å². The Kier molecular flexibility index (Phi) is 11.4. The van der Waals surface area contributed by atoms with E-state index in [-0.39, 0.29) is 24.0 Å². The third-order valence-corrected chi connectivity index (χ3v) is 6.23. The highest BCUT2D eigenvalue weighted by Gasteiger charge is 2.27. The highest BCUT2D eigenvalue weighted by atomic mass is 127. The lowest BCUT2D eigenvalue weighted by molar-refractivity contribution is 0.145. The SMILES string of the molecule is CCOCCCNC(=NCc1nnc(C)n1C)NC1CCN(C2CCCC2)CC1.I. The van der Waals surface area contributed by atoms with Crippen molar-refractivity contribution in [1.29, 1.82) is 0 Å². The van der Waals surface area contributed by atoms with Gasteiger partial charge in [0.25, 0.3) is 0 Å². The molecule has 2 aliphatic rings. The van der Waals surface area contributed by atoms with Crippen LogP contribution in [0.3, 0.4) is 0 Å². The normalized spacial score (nSPS) is 19.1. The average molecular weight is 534 g/mol. The van der Waals surface area contributed by atoms with Crippen LogP contribution in [0, 0.1) is 6.92 Å². The van der Waals surface area contributed by atoms with E-state index in [4.69, 9.17) is 9.73 Å². The standard InChI is InChI=1S/C21H39N7O.HI/c1-4-29-15-7-12-22-21(23-16-20-26-25-17(2)27(20)3)24-18-10-13-28(14-11-18)19-8-5-6-9-19;/h18-19H,4-16H2,1-3H3,(H2,22,23,24);1H. The molecule has 0 aromatic carbocycles. The Labute approximate surface area is 198 Å². The number of likely N-dealkylation sites (tertiary alicyclic amines) is 1. The molecule has 0 spiro atoms. The van der Waals surface area contributed by atoms with Crippen molar-refractivity contribution in [2.45, 2.75) is 77.4 Å². The van der Waals surface area contributed by atoms with Gasteiger partial charge in [-0.2, -0.15) is 0 Å². The van der Waals surface area contributed by atoms with E-state index in [0.717, 1.165) is 49.8 Å². The number of aromatic nitrogens is 3. The molecule has 172 valence electrons. The number of aryl methyl sites for hydroxylation is 1. The van der Waals surface area contributed by atoms with Gasteiger partial charge >= 0.3 is 0 Å². The quantitative estimate of drug-likeness (QED) is 0.220. The minimum Gasteiger partial charge on any atom is -0.382 e. The smallest absolute Gasteiger partial charge is 0.191 e. The van der Waals surface area contributed by atoms with Crippen molar-refractivity contribution in [3.8, 4) is 0 Å². The molecule has 1 aliphatic carbocycles. The maximum atomic E-state index is 5.45. The Hall–Kier alpha value is -0.940. The van der Waals surface area contributed by atoms with Crippen molar-refractivity contribution in [1.82, 2.24) is 30.3 Å². The van der Waals surface area contributed by atoms with Gasteiger partial charge in [0.1, 0.15) is 12.4 Å². The molecule has 9 heteroatoms. The predicted octanol–water partition coefficient (Wildman–Crippen LogP) is 2.61. The van der Waals surface area contributed by atoms with Crippen LogP contribution >= 0.6 is 24.0 Å². The predicted molar refractivity (Wildman–Crippen MR) is 131 cm³/mol. The molecular formula is C21H40IN7O. The third-order valence-electron chi connectivity index (χ3n) is 6.23. The molecule has 0 radical (unpaired) electrons. The highest BCUT2D eigenvalue weighted by Crippen LogP contribution is 2.26. The maximum absolute atomic E-state index is 5.45.